The molecule has 11 heteroatoms. The number of halogens is 1. The summed E-state index contributed by atoms with van der Waals surface area (Å²) in [6, 6.07) is 7.92. The van der Waals surface area contributed by atoms with E-state index in [9.17, 15) is 13.2 Å². The topological polar surface area (TPSA) is 81.0 Å². The van der Waals surface area contributed by atoms with Crippen molar-refractivity contribution in [1.82, 2.24) is 8.87 Å². The molecule has 1 fully saturated rings. The number of sulfonamides is 1. The smallest absolute Gasteiger partial charge is 0.266 e. The highest BCUT2D eigenvalue weighted by Crippen LogP contribution is 2.32. The van der Waals surface area contributed by atoms with Gasteiger partial charge in [-0.05, 0) is 50.1 Å². The minimum atomic E-state index is -3.79. The standard InChI is InChI=1S/C19H20ClN3O4S3/c1-3-22-13-7-6-12(27-2)11-15(13)28-19(22)21-18(24)14-5-4-10-23(14)30(25,26)17-9-8-16(20)29-17/h6-9,11,14H,3-5,10H2,1-2H3. The average Bonchev–Trinajstić information content (AvgIpc) is 3.45. The molecule has 0 saturated carbocycles. The number of methoxy groups -OCH3 is 1. The summed E-state index contributed by atoms with van der Waals surface area (Å²) in [5, 5.41) is 0. The average molecular weight is 486 g/mol. The highest BCUT2D eigenvalue weighted by Gasteiger charge is 2.40. The van der Waals surface area contributed by atoms with Crippen molar-refractivity contribution in [2.75, 3.05) is 13.7 Å². The number of aromatic nitrogens is 1. The Morgan fingerprint density at radius 3 is 2.77 bits per heavy atom. The van der Waals surface area contributed by atoms with Gasteiger partial charge in [0.05, 0.1) is 21.7 Å². The van der Waals surface area contributed by atoms with Gasteiger partial charge in [0.25, 0.3) is 15.9 Å². The van der Waals surface area contributed by atoms with E-state index in [0.29, 0.717) is 35.1 Å². The summed E-state index contributed by atoms with van der Waals surface area (Å²) >= 11 is 8.29. The summed E-state index contributed by atoms with van der Waals surface area (Å²) < 4.78 is 36.0. The van der Waals surface area contributed by atoms with E-state index in [0.717, 1.165) is 27.3 Å². The molecule has 160 valence electrons. The largest absolute Gasteiger partial charge is 0.497 e. The third kappa shape index (κ3) is 3.82. The second-order valence-electron chi connectivity index (χ2n) is 6.74. The number of aryl methyl sites for hydroxylation is 1. The van der Waals surface area contributed by atoms with Crippen LogP contribution in [0.25, 0.3) is 10.2 Å². The van der Waals surface area contributed by atoms with Crippen molar-refractivity contribution in [3.63, 3.8) is 0 Å². The minimum Gasteiger partial charge on any atom is -0.497 e. The van der Waals surface area contributed by atoms with Gasteiger partial charge in [-0.2, -0.15) is 9.30 Å². The lowest BCUT2D eigenvalue weighted by Crippen LogP contribution is -2.40. The van der Waals surface area contributed by atoms with Gasteiger partial charge in [-0.1, -0.05) is 22.9 Å². The van der Waals surface area contributed by atoms with Gasteiger partial charge in [0, 0.05) is 13.1 Å². The fourth-order valence-corrected chi connectivity index (χ4v) is 7.96. The number of hydrogen-bond acceptors (Lipinski definition) is 6. The predicted octanol–water partition coefficient (Wildman–Crippen LogP) is 3.73. The van der Waals surface area contributed by atoms with Crippen molar-refractivity contribution >= 4 is 60.4 Å². The first kappa shape index (κ1) is 21.5. The molecule has 0 aliphatic carbocycles. The fraction of sp³-hybridized carbons (Fsp3) is 0.368. The van der Waals surface area contributed by atoms with Crippen LogP contribution in [0.2, 0.25) is 4.34 Å². The third-order valence-electron chi connectivity index (χ3n) is 5.01. The van der Waals surface area contributed by atoms with E-state index in [4.69, 9.17) is 16.3 Å². The van der Waals surface area contributed by atoms with Crippen molar-refractivity contribution < 1.29 is 17.9 Å². The highest BCUT2D eigenvalue weighted by atomic mass is 35.5. The van der Waals surface area contributed by atoms with Crippen molar-refractivity contribution in [1.29, 1.82) is 0 Å². The molecule has 1 aliphatic heterocycles. The van der Waals surface area contributed by atoms with Crippen LogP contribution in [0.3, 0.4) is 0 Å². The predicted molar refractivity (Wildman–Crippen MR) is 119 cm³/mol. The Labute approximate surface area is 187 Å². The quantitative estimate of drug-likeness (QED) is 0.551. The van der Waals surface area contributed by atoms with Gasteiger partial charge < -0.3 is 9.30 Å². The third-order valence-corrected chi connectivity index (χ3v) is 9.66. The molecule has 1 unspecified atom stereocenters. The van der Waals surface area contributed by atoms with Crippen molar-refractivity contribution in [2.45, 2.75) is 36.6 Å². The van der Waals surface area contributed by atoms with Gasteiger partial charge in [0.1, 0.15) is 16.0 Å². The first-order valence-electron chi connectivity index (χ1n) is 9.38. The van der Waals surface area contributed by atoms with Crippen LogP contribution < -0.4 is 9.54 Å². The van der Waals surface area contributed by atoms with Gasteiger partial charge in [-0.25, -0.2) is 8.42 Å². The van der Waals surface area contributed by atoms with E-state index in [1.807, 2.05) is 29.7 Å². The van der Waals surface area contributed by atoms with Gasteiger partial charge in [-0.3, -0.25) is 4.79 Å². The van der Waals surface area contributed by atoms with Gasteiger partial charge >= 0.3 is 0 Å². The molecule has 3 aromatic rings. The van der Waals surface area contributed by atoms with Crippen molar-refractivity contribution in [2.24, 2.45) is 4.99 Å². The number of carbonyl (C=O) groups is 1. The Hall–Kier alpha value is -1.72. The Bertz CT molecular complexity index is 1280. The molecule has 2 aromatic heterocycles. The molecule has 0 spiro atoms. The second kappa shape index (κ2) is 8.43. The van der Waals surface area contributed by atoms with Crippen LogP contribution in [0.5, 0.6) is 5.75 Å². The van der Waals surface area contributed by atoms with Crippen molar-refractivity contribution in [3.05, 3.63) is 39.5 Å². The molecule has 1 atom stereocenters. The van der Waals surface area contributed by atoms with Crippen LogP contribution in [-0.4, -0.2) is 42.9 Å². The maximum Gasteiger partial charge on any atom is 0.266 e. The molecule has 3 heterocycles. The number of carbonyl (C=O) groups excluding carboxylic acids is 1. The van der Waals surface area contributed by atoms with Crippen molar-refractivity contribution in [3.8, 4) is 5.75 Å². The molecule has 0 N–H and O–H groups in total. The van der Waals surface area contributed by atoms with Gasteiger partial charge in [0.15, 0.2) is 4.80 Å². The number of nitrogens with zero attached hydrogens (tertiary/aromatic N) is 3. The van der Waals surface area contributed by atoms with Crippen LogP contribution in [0, 0.1) is 0 Å². The number of fused-ring (bicyclic) bond motifs is 1. The molecular formula is C19H20ClN3O4S3. The minimum absolute atomic E-state index is 0.143. The second-order valence-corrected chi connectivity index (χ2v) is 11.6. The monoisotopic (exact) mass is 485 g/mol. The summed E-state index contributed by atoms with van der Waals surface area (Å²) in [6.45, 7) is 2.91. The summed E-state index contributed by atoms with van der Waals surface area (Å²) in [5.41, 5.74) is 0.957. The van der Waals surface area contributed by atoms with Crippen LogP contribution in [0.4, 0.5) is 0 Å². The molecule has 7 nitrogen and oxygen atoms in total. The molecular weight excluding hydrogens is 466 g/mol. The van der Waals surface area contributed by atoms with E-state index in [1.165, 1.54) is 21.7 Å². The first-order chi connectivity index (χ1) is 14.3. The maximum atomic E-state index is 13.0. The van der Waals surface area contributed by atoms with E-state index >= 15 is 0 Å². The Kier molecular flexibility index (Phi) is 6.04. The lowest BCUT2D eigenvalue weighted by Gasteiger charge is -2.20. The van der Waals surface area contributed by atoms with E-state index < -0.39 is 22.0 Å². The first-order valence-corrected chi connectivity index (χ1v) is 12.8. The fourth-order valence-electron chi connectivity index (χ4n) is 3.57. The Morgan fingerprint density at radius 1 is 1.30 bits per heavy atom. The molecule has 1 aromatic carbocycles. The van der Waals surface area contributed by atoms with E-state index in [2.05, 4.69) is 4.99 Å². The van der Waals surface area contributed by atoms with Crippen LogP contribution in [-0.2, 0) is 21.4 Å². The SMILES string of the molecule is CCn1c(=NC(=O)C2CCCN2S(=O)(=O)c2ccc(Cl)s2)sc2cc(OC)ccc21. The summed E-state index contributed by atoms with van der Waals surface area (Å²) in [7, 11) is -2.18. The molecule has 1 saturated heterocycles. The molecule has 1 amide bonds. The normalized spacial score (nSPS) is 18.4. The van der Waals surface area contributed by atoms with Crippen LogP contribution in [0.15, 0.2) is 39.5 Å². The molecule has 30 heavy (non-hydrogen) atoms. The zero-order valence-electron chi connectivity index (χ0n) is 16.4. The maximum absolute atomic E-state index is 13.0. The number of benzene rings is 1. The van der Waals surface area contributed by atoms with E-state index in [1.54, 1.807) is 13.2 Å². The van der Waals surface area contributed by atoms with Gasteiger partial charge in [0.2, 0.25) is 0 Å². The Balaban J connectivity index is 1.71. The number of thiazole rings is 1. The number of ether oxygens (including phenoxy) is 1. The number of thiophene rings is 1. The zero-order chi connectivity index (χ0) is 21.5. The lowest BCUT2D eigenvalue weighted by atomic mass is 10.2. The Morgan fingerprint density at radius 2 is 2.10 bits per heavy atom. The zero-order valence-corrected chi connectivity index (χ0v) is 19.6. The molecule has 0 bridgehead atoms. The molecule has 1 aliphatic rings. The number of amides is 1. The summed E-state index contributed by atoms with van der Waals surface area (Å²) in [6.07, 6.45) is 1.06. The number of hydrogen-bond donors (Lipinski definition) is 0. The van der Waals surface area contributed by atoms with Crippen LogP contribution in [0.1, 0.15) is 19.8 Å². The van der Waals surface area contributed by atoms with Gasteiger partial charge in [-0.15, -0.1) is 11.3 Å². The van der Waals surface area contributed by atoms with E-state index in [-0.39, 0.29) is 4.21 Å². The summed E-state index contributed by atoms with van der Waals surface area (Å²) in [5.74, 6) is 0.284. The summed E-state index contributed by atoms with van der Waals surface area (Å²) in [4.78, 5) is 17.9. The number of rotatable bonds is 5. The highest BCUT2D eigenvalue weighted by molar-refractivity contribution is 7.91. The van der Waals surface area contributed by atoms with Crippen LogP contribution >= 0.6 is 34.3 Å². The lowest BCUT2D eigenvalue weighted by molar-refractivity contribution is -0.121. The molecule has 0 radical (unpaired) electrons. The molecule has 4 rings (SSSR count).